The highest BCUT2D eigenvalue weighted by Crippen LogP contribution is 2.09. The largest absolute Gasteiger partial charge is 0.368 e. The number of anilines is 1. The fourth-order valence-electron chi connectivity index (χ4n) is 2.17. The van der Waals surface area contributed by atoms with Crippen molar-refractivity contribution in [1.82, 2.24) is 15.3 Å². The zero-order valence-electron chi connectivity index (χ0n) is 14.0. The molecule has 0 radical (unpaired) electrons. The van der Waals surface area contributed by atoms with Gasteiger partial charge in [0.2, 0.25) is 0 Å². The van der Waals surface area contributed by atoms with E-state index in [1.54, 1.807) is 13.0 Å². The van der Waals surface area contributed by atoms with Gasteiger partial charge in [-0.15, -0.1) is 0 Å². The fourth-order valence-corrected chi connectivity index (χ4v) is 2.17. The topological polar surface area (TPSA) is 66.9 Å². The standard InChI is InChI=1S/C18H24N4O/c1-4-13(2)20-17-12-16(21-14(3)22-17)18(23)19-11-10-15-8-6-5-7-9-15/h5-9,12-13H,4,10-11H2,1-3H3,(H,19,23)(H,20,21,22). The molecule has 1 amide bonds. The Kier molecular flexibility index (Phi) is 6.09. The summed E-state index contributed by atoms with van der Waals surface area (Å²) in [7, 11) is 0. The van der Waals surface area contributed by atoms with Gasteiger partial charge < -0.3 is 10.6 Å². The zero-order valence-corrected chi connectivity index (χ0v) is 14.0. The number of rotatable bonds is 7. The first-order valence-corrected chi connectivity index (χ1v) is 8.03. The fraction of sp³-hybridized carbons (Fsp3) is 0.389. The maximum Gasteiger partial charge on any atom is 0.270 e. The van der Waals surface area contributed by atoms with Crippen LogP contribution in [0.1, 0.15) is 42.1 Å². The van der Waals surface area contributed by atoms with E-state index in [9.17, 15) is 4.79 Å². The third-order valence-corrected chi connectivity index (χ3v) is 3.62. The Hall–Kier alpha value is -2.43. The molecule has 1 aromatic carbocycles. The van der Waals surface area contributed by atoms with Crippen molar-refractivity contribution < 1.29 is 4.79 Å². The quantitative estimate of drug-likeness (QED) is 0.825. The van der Waals surface area contributed by atoms with Gasteiger partial charge in [-0.2, -0.15) is 0 Å². The van der Waals surface area contributed by atoms with E-state index in [-0.39, 0.29) is 5.91 Å². The molecule has 0 aliphatic rings. The van der Waals surface area contributed by atoms with Gasteiger partial charge in [-0.25, -0.2) is 9.97 Å². The number of aryl methyl sites for hydroxylation is 1. The van der Waals surface area contributed by atoms with E-state index in [2.05, 4.69) is 46.6 Å². The SMILES string of the molecule is CCC(C)Nc1cc(C(=O)NCCc2ccccc2)nc(C)n1. The number of aromatic nitrogens is 2. The van der Waals surface area contributed by atoms with Crippen LogP contribution in [0.2, 0.25) is 0 Å². The van der Waals surface area contributed by atoms with E-state index in [1.807, 2.05) is 18.2 Å². The van der Waals surface area contributed by atoms with Crippen molar-refractivity contribution >= 4 is 11.7 Å². The van der Waals surface area contributed by atoms with Crippen LogP contribution in [-0.4, -0.2) is 28.5 Å². The van der Waals surface area contributed by atoms with Gasteiger partial charge in [0, 0.05) is 18.7 Å². The molecule has 0 aliphatic carbocycles. The highest BCUT2D eigenvalue weighted by atomic mass is 16.1. The minimum absolute atomic E-state index is 0.168. The summed E-state index contributed by atoms with van der Waals surface area (Å²) in [5, 5.41) is 6.19. The van der Waals surface area contributed by atoms with Gasteiger partial charge in [0.25, 0.3) is 5.91 Å². The highest BCUT2D eigenvalue weighted by Gasteiger charge is 2.11. The summed E-state index contributed by atoms with van der Waals surface area (Å²) in [6.07, 6.45) is 1.79. The molecule has 5 nitrogen and oxygen atoms in total. The predicted octanol–water partition coefficient (Wildman–Crippen LogP) is 2.97. The van der Waals surface area contributed by atoms with Crippen LogP contribution in [-0.2, 0) is 6.42 Å². The van der Waals surface area contributed by atoms with Crippen molar-refractivity contribution in [3.63, 3.8) is 0 Å². The first-order valence-electron chi connectivity index (χ1n) is 8.03. The number of hydrogen-bond donors (Lipinski definition) is 2. The first-order chi connectivity index (χ1) is 11.1. The van der Waals surface area contributed by atoms with Crippen molar-refractivity contribution in [2.75, 3.05) is 11.9 Å². The number of carbonyl (C=O) groups excluding carboxylic acids is 1. The maximum absolute atomic E-state index is 12.3. The van der Waals surface area contributed by atoms with Gasteiger partial charge in [-0.05, 0) is 32.3 Å². The van der Waals surface area contributed by atoms with E-state index in [1.165, 1.54) is 5.56 Å². The van der Waals surface area contributed by atoms with Crippen molar-refractivity contribution in [3.05, 3.63) is 53.5 Å². The number of nitrogens with one attached hydrogen (secondary N) is 2. The van der Waals surface area contributed by atoms with Crippen molar-refractivity contribution in [3.8, 4) is 0 Å². The number of carbonyl (C=O) groups is 1. The normalized spacial score (nSPS) is 11.8. The molecular formula is C18H24N4O. The van der Waals surface area contributed by atoms with Crippen LogP contribution in [0, 0.1) is 6.92 Å². The highest BCUT2D eigenvalue weighted by molar-refractivity contribution is 5.92. The van der Waals surface area contributed by atoms with Crippen LogP contribution >= 0.6 is 0 Å². The Morgan fingerprint density at radius 1 is 1.22 bits per heavy atom. The van der Waals surface area contributed by atoms with Gasteiger partial charge >= 0.3 is 0 Å². The summed E-state index contributed by atoms with van der Waals surface area (Å²) in [5.74, 6) is 1.12. The van der Waals surface area contributed by atoms with E-state index >= 15 is 0 Å². The Labute approximate surface area is 137 Å². The molecule has 2 rings (SSSR count). The van der Waals surface area contributed by atoms with E-state index in [0.29, 0.717) is 29.9 Å². The Bertz CT molecular complexity index is 643. The second kappa shape index (κ2) is 8.27. The van der Waals surface area contributed by atoms with Crippen LogP contribution in [0.4, 0.5) is 5.82 Å². The summed E-state index contributed by atoms with van der Waals surface area (Å²) >= 11 is 0. The monoisotopic (exact) mass is 312 g/mol. The van der Waals surface area contributed by atoms with Crippen molar-refractivity contribution in [2.45, 2.75) is 39.7 Å². The molecule has 0 aliphatic heterocycles. The minimum Gasteiger partial charge on any atom is -0.368 e. The Morgan fingerprint density at radius 2 is 1.96 bits per heavy atom. The van der Waals surface area contributed by atoms with Gasteiger partial charge in [-0.1, -0.05) is 37.3 Å². The number of amides is 1. The molecule has 2 aromatic rings. The molecule has 1 aromatic heterocycles. The van der Waals surface area contributed by atoms with Crippen molar-refractivity contribution in [1.29, 1.82) is 0 Å². The van der Waals surface area contributed by atoms with E-state index in [4.69, 9.17) is 0 Å². The molecule has 0 spiro atoms. The average Bonchev–Trinajstić information content (AvgIpc) is 2.55. The first kappa shape index (κ1) is 16.9. The summed E-state index contributed by atoms with van der Waals surface area (Å²) in [5.41, 5.74) is 1.60. The van der Waals surface area contributed by atoms with Crippen LogP contribution in [0.5, 0.6) is 0 Å². The summed E-state index contributed by atoms with van der Waals surface area (Å²) in [4.78, 5) is 20.8. The maximum atomic E-state index is 12.3. The van der Waals surface area contributed by atoms with Gasteiger partial charge in [0.1, 0.15) is 17.3 Å². The van der Waals surface area contributed by atoms with Crippen LogP contribution in [0.25, 0.3) is 0 Å². The zero-order chi connectivity index (χ0) is 16.7. The molecule has 23 heavy (non-hydrogen) atoms. The molecule has 1 atom stereocenters. The van der Waals surface area contributed by atoms with Crippen molar-refractivity contribution in [2.24, 2.45) is 0 Å². The number of hydrogen-bond acceptors (Lipinski definition) is 4. The molecule has 2 N–H and O–H groups in total. The molecule has 0 saturated carbocycles. The average molecular weight is 312 g/mol. The lowest BCUT2D eigenvalue weighted by molar-refractivity contribution is 0.0949. The number of benzene rings is 1. The second-order valence-electron chi connectivity index (χ2n) is 5.63. The van der Waals surface area contributed by atoms with Crippen LogP contribution in [0.15, 0.2) is 36.4 Å². The molecular weight excluding hydrogens is 288 g/mol. The lowest BCUT2D eigenvalue weighted by atomic mass is 10.1. The lowest BCUT2D eigenvalue weighted by Crippen LogP contribution is -2.27. The third kappa shape index (κ3) is 5.36. The molecule has 122 valence electrons. The third-order valence-electron chi connectivity index (χ3n) is 3.62. The smallest absolute Gasteiger partial charge is 0.270 e. The Balaban J connectivity index is 1.95. The van der Waals surface area contributed by atoms with Gasteiger partial charge in [0.05, 0.1) is 0 Å². The van der Waals surface area contributed by atoms with Gasteiger partial charge in [-0.3, -0.25) is 4.79 Å². The molecule has 5 heteroatoms. The summed E-state index contributed by atoms with van der Waals surface area (Å²) in [6.45, 7) is 6.56. The molecule has 0 saturated heterocycles. The summed E-state index contributed by atoms with van der Waals surface area (Å²) < 4.78 is 0. The van der Waals surface area contributed by atoms with Gasteiger partial charge in [0.15, 0.2) is 0 Å². The Morgan fingerprint density at radius 3 is 2.65 bits per heavy atom. The molecule has 0 fully saturated rings. The van der Waals surface area contributed by atoms with E-state index in [0.717, 1.165) is 12.8 Å². The van der Waals surface area contributed by atoms with Crippen LogP contribution < -0.4 is 10.6 Å². The molecule has 1 unspecified atom stereocenters. The number of nitrogens with zero attached hydrogens (tertiary/aromatic N) is 2. The molecule has 1 heterocycles. The minimum atomic E-state index is -0.168. The predicted molar refractivity (Wildman–Crippen MR) is 92.6 cm³/mol. The van der Waals surface area contributed by atoms with Crippen LogP contribution in [0.3, 0.4) is 0 Å². The molecule has 0 bridgehead atoms. The van der Waals surface area contributed by atoms with E-state index < -0.39 is 0 Å². The lowest BCUT2D eigenvalue weighted by Gasteiger charge is -2.13. The second-order valence-corrected chi connectivity index (χ2v) is 5.63. The summed E-state index contributed by atoms with van der Waals surface area (Å²) in [6, 6.07) is 12.1.